The average molecular weight is 444 g/mol. The number of rotatable bonds is 7. The second-order valence-corrected chi connectivity index (χ2v) is 7.46. The van der Waals surface area contributed by atoms with Crippen molar-refractivity contribution in [2.24, 2.45) is 0 Å². The van der Waals surface area contributed by atoms with Crippen LogP contribution < -0.4 is 15.0 Å². The maximum Gasteiger partial charge on any atom is 0.246 e. The molecule has 1 fully saturated rings. The first-order valence-corrected chi connectivity index (χ1v) is 10.7. The second-order valence-electron chi connectivity index (χ2n) is 7.46. The molecule has 0 bridgehead atoms. The number of ether oxygens (including phenoxy) is 1. The Morgan fingerprint density at radius 2 is 1.64 bits per heavy atom. The van der Waals surface area contributed by atoms with E-state index < -0.39 is 0 Å². The maximum atomic E-state index is 13.5. The molecular formula is C25H25N5O3. The predicted molar refractivity (Wildman–Crippen MR) is 127 cm³/mol. The van der Waals surface area contributed by atoms with E-state index in [-0.39, 0.29) is 11.7 Å². The van der Waals surface area contributed by atoms with Crippen LogP contribution in [0.25, 0.3) is 0 Å². The highest BCUT2D eigenvalue weighted by molar-refractivity contribution is 6.15. The van der Waals surface area contributed by atoms with Crippen LogP contribution in [0.5, 0.6) is 11.5 Å². The van der Waals surface area contributed by atoms with E-state index in [0.717, 1.165) is 5.75 Å². The fourth-order valence-electron chi connectivity index (χ4n) is 3.73. The fourth-order valence-corrected chi connectivity index (χ4v) is 3.73. The molecule has 0 aliphatic carbocycles. The normalized spacial score (nSPS) is 13.4. The first-order chi connectivity index (χ1) is 16.1. The average Bonchev–Trinajstić information content (AvgIpc) is 2.88. The van der Waals surface area contributed by atoms with Gasteiger partial charge < -0.3 is 19.9 Å². The molecule has 4 rings (SSSR count). The molecule has 1 aliphatic rings. The van der Waals surface area contributed by atoms with E-state index in [9.17, 15) is 9.59 Å². The Morgan fingerprint density at radius 3 is 2.27 bits per heavy atom. The van der Waals surface area contributed by atoms with Gasteiger partial charge >= 0.3 is 0 Å². The van der Waals surface area contributed by atoms with Crippen molar-refractivity contribution in [1.82, 2.24) is 14.9 Å². The van der Waals surface area contributed by atoms with Gasteiger partial charge in [-0.15, -0.1) is 0 Å². The Balaban J connectivity index is 1.57. The van der Waals surface area contributed by atoms with Gasteiger partial charge in [-0.25, -0.2) is 9.97 Å². The number of ketones is 1. The number of nitrogens with one attached hydrogen (secondary N) is 1. The molecule has 0 saturated carbocycles. The van der Waals surface area contributed by atoms with Gasteiger partial charge in [-0.2, -0.15) is 0 Å². The molecule has 1 saturated heterocycles. The van der Waals surface area contributed by atoms with Crippen LogP contribution in [0.2, 0.25) is 0 Å². The Hall–Kier alpha value is -4.20. The van der Waals surface area contributed by atoms with Crippen molar-refractivity contribution in [3.63, 3.8) is 0 Å². The van der Waals surface area contributed by atoms with Gasteiger partial charge in [-0.05, 0) is 42.5 Å². The number of carbonyl (C=O) groups is 2. The number of hydrogen-bond acceptors (Lipinski definition) is 7. The zero-order valence-electron chi connectivity index (χ0n) is 18.4. The molecule has 8 nitrogen and oxygen atoms in total. The summed E-state index contributed by atoms with van der Waals surface area (Å²) in [5.74, 6) is 2.09. The lowest BCUT2D eigenvalue weighted by Gasteiger charge is -2.35. The van der Waals surface area contributed by atoms with Crippen LogP contribution in [0.1, 0.15) is 15.9 Å². The summed E-state index contributed by atoms with van der Waals surface area (Å²) in [6.45, 7) is 5.73. The van der Waals surface area contributed by atoms with Crippen LogP contribution in [0.3, 0.4) is 0 Å². The van der Waals surface area contributed by atoms with E-state index in [4.69, 9.17) is 4.74 Å². The molecule has 1 aliphatic heterocycles. The predicted octanol–water partition coefficient (Wildman–Crippen LogP) is 3.38. The first kappa shape index (κ1) is 22.0. The molecular weight excluding hydrogens is 418 g/mol. The molecule has 1 N–H and O–H groups in total. The largest absolute Gasteiger partial charge is 0.457 e. The van der Waals surface area contributed by atoms with Gasteiger partial charge in [0, 0.05) is 38.8 Å². The van der Waals surface area contributed by atoms with Gasteiger partial charge in [0.1, 0.15) is 35.0 Å². The molecule has 3 aromatic rings. The third-order valence-electron chi connectivity index (χ3n) is 5.45. The topological polar surface area (TPSA) is 87.7 Å². The Morgan fingerprint density at radius 1 is 0.970 bits per heavy atom. The van der Waals surface area contributed by atoms with Crippen molar-refractivity contribution >= 4 is 23.3 Å². The number of piperazine rings is 1. The molecule has 1 amide bonds. The molecule has 33 heavy (non-hydrogen) atoms. The summed E-state index contributed by atoms with van der Waals surface area (Å²) in [7, 11) is 1.72. The summed E-state index contributed by atoms with van der Waals surface area (Å²) in [6.07, 6.45) is 2.76. The molecule has 8 heteroatoms. The minimum atomic E-state index is -0.189. The Bertz CT molecular complexity index is 1140. The van der Waals surface area contributed by atoms with E-state index in [1.165, 1.54) is 12.4 Å². The number of benzene rings is 2. The molecule has 168 valence electrons. The monoisotopic (exact) mass is 443 g/mol. The molecule has 2 aromatic carbocycles. The third kappa shape index (κ3) is 4.85. The lowest BCUT2D eigenvalue weighted by Crippen LogP contribution is -2.49. The summed E-state index contributed by atoms with van der Waals surface area (Å²) in [5.41, 5.74) is 0.906. The number of nitrogens with zero attached hydrogens (tertiary/aromatic N) is 4. The Labute approximate surface area is 192 Å². The van der Waals surface area contributed by atoms with Crippen molar-refractivity contribution in [2.75, 3.05) is 43.4 Å². The minimum Gasteiger partial charge on any atom is -0.457 e. The van der Waals surface area contributed by atoms with E-state index in [0.29, 0.717) is 54.7 Å². The summed E-state index contributed by atoms with van der Waals surface area (Å²) in [5, 5.41) is 3.00. The Kier molecular flexibility index (Phi) is 6.64. The fraction of sp³-hybridized carbons (Fsp3) is 0.200. The van der Waals surface area contributed by atoms with Gasteiger partial charge in [0.05, 0.1) is 0 Å². The molecule has 0 atom stereocenters. The molecule has 0 radical (unpaired) electrons. The molecule has 0 unspecified atom stereocenters. The van der Waals surface area contributed by atoms with Crippen molar-refractivity contribution in [3.8, 4) is 11.5 Å². The number of anilines is 2. The van der Waals surface area contributed by atoms with E-state index in [1.54, 1.807) is 36.2 Å². The standard InChI is InChI=1S/C25H25N5O3/c1-3-21(31)29-13-15-30(16-14-29)25-22(24(26-2)27-17-28-25)23(32)18-9-11-20(12-10-18)33-19-7-5-4-6-8-19/h3-12,17H,1,13-16H2,2H3,(H,26,27,28). The van der Waals surface area contributed by atoms with Gasteiger partial charge in [0.25, 0.3) is 0 Å². The highest BCUT2D eigenvalue weighted by Gasteiger charge is 2.27. The number of hydrogen-bond donors (Lipinski definition) is 1. The van der Waals surface area contributed by atoms with Crippen LogP contribution in [0.15, 0.2) is 73.6 Å². The quantitative estimate of drug-likeness (QED) is 0.442. The maximum absolute atomic E-state index is 13.5. The summed E-state index contributed by atoms with van der Waals surface area (Å²) in [4.78, 5) is 37.8. The lowest BCUT2D eigenvalue weighted by molar-refractivity contribution is -0.126. The van der Waals surface area contributed by atoms with E-state index in [1.807, 2.05) is 35.2 Å². The summed E-state index contributed by atoms with van der Waals surface area (Å²) in [6, 6.07) is 16.5. The van der Waals surface area contributed by atoms with Crippen molar-refractivity contribution in [1.29, 1.82) is 0 Å². The summed E-state index contributed by atoms with van der Waals surface area (Å²) >= 11 is 0. The molecule has 2 heterocycles. The first-order valence-electron chi connectivity index (χ1n) is 10.7. The van der Waals surface area contributed by atoms with Crippen LogP contribution in [-0.4, -0.2) is 59.8 Å². The lowest BCUT2D eigenvalue weighted by atomic mass is 10.0. The number of para-hydroxylation sites is 1. The van der Waals surface area contributed by atoms with Crippen molar-refractivity contribution in [2.45, 2.75) is 0 Å². The third-order valence-corrected chi connectivity index (χ3v) is 5.45. The summed E-state index contributed by atoms with van der Waals surface area (Å²) < 4.78 is 5.83. The van der Waals surface area contributed by atoms with Crippen LogP contribution in [0.4, 0.5) is 11.6 Å². The van der Waals surface area contributed by atoms with Gasteiger partial charge in [-0.3, -0.25) is 9.59 Å². The van der Waals surface area contributed by atoms with Crippen molar-refractivity contribution < 1.29 is 14.3 Å². The number of carbonyl (C=O) groups excluding carboxylic acids is 2. The highest BCUT2D eigenvalue weighted by atomic mass is 16.5. The number of amides is 1. The molecule has 1 aromatic heterocycles. The SMILES string of the molecule is C=CC(=O)N1CCN(c2ncnc(NC)c2C(=O)c2ccc(Oc3ccccc3)cc2)CC1. The van der Waals surface area contributed by atoms with Gasteiger partial charge in [0.15, 0.2) is 5.78 Å². The zero-order chi connectivity index (χ0) is 23.2. The van der Waals surface area contributed by atoms with Gasteiger partial charge in [-0.1, -0.05) is 24.8 Å². The second kappa shape index (κ2) is 9.95. The van der Waals surface area contributed by atoms with Crippen LogP contribution >= 0.6 is 0 Å². The van der Waals surface area contributed by atoms with Crippen molar-refractivity contribution in [3.05, 3.63) is 84.7 Å². The molecule has 0 spiro atoms. The smallest absolute Gasteiger partial charge is 0.246 e. The highest BCUT2D eigenvalue weighted by Crippen LogP contribution is 2.28. The van der Waals surface area contributed by atoms with E-state index >= 15 is 0 Å². The van der Waals surface area contributed by atoms with Crippen LogP contribution in [-0.2, 0) is 4.79 Å². The van der Waals surface area contributed by atoms with Gasteiger partial charge in [0.2, 0.25) is 5.91 Å². The minimum absolute atomic E-state index is 0.0950. The number of aromatic nitrogens is 2. The zero-order valence-corrected chi connectivity index (χ0v) is 18.4. The van der Waals surface area contributed by atoms with E-state index in [2.05, 4.69) is 21.9 Å². The van der Waals surface area contributed by atoms with Crippen LogP contribution in [0, 0.1) is 0 Å².